The van der Waals surface area contributed by atoms with Crippen LogP contribution in [-0.4, -0.2) is 23.5 Å². The molecule has 1 saturated carbocycles. The van der Waals surface area contributed by atoms with E-state index >= 15 is 0 Å². The van der Waals surface area contributed by atoms with Crippen molar-refractivity contribution in [2.75, 3.05) is 17.2 Å². The molecule has 0 bridgehead atoms. The minimum atomic E-state index is -0.212. The number of nitrogens with one attached hydrogen (secondary N) is 2. The van der Waals surface area contributed by atoms with Crippen LogP contribution in [0.25, 0.3) is 0 Å². The zero-order chi connectivity index (χ0) is 17.5. The van der Waals surface area contributed by atoms with Crippen LogP contribution in [0, 0.1) is 0 Å². The van der Waals surface area contributed by atoms with E-state index in [-0.39, 0.29) is 5.91 Å². The van der Waals surface area contributed by atoms with Crippen molar-refractivity contribution in [2.45, 2.75) is 45.1 Å². The van der Waals surface area contributed by atoms with Crippen molar-refractivity contribution in [3.8, 4) is 5.75 Å². The lowest BCUT2D eigenvalue weighted by Crippen LogP contribution is -2.22. The van der Waals surface area contributed by atoms with E-state index in [4.69, 9.17) is 4.74 Å². The van der Waals surface area contributed by atoms with E-state index in [9.17, 15) is 4.79 Å². The largest absolute Gasteiger partial charge is 0.494 e. The second-order valence-electron chi connectivity index (χ2n) is 6.32. The molecular weight excluding hydrogens is 314 g/mol. The number of hydrogen-bond acceptors (Lipinski definition) is 4. The number of benzene rings is 1. The fourth-order valence-electron chi connectivity index (χ4n) is 3.12. The van der Waals surface area contributed by atoms with Crippen LogP contribution in [0.15, 0.2) is 42.6 Å². The summed E-state index contributed by atoms with van der Waals surface area (Å²) < 4.78 is 5.41. The van der Waals surface area contributed by atoms with Gasteiger partial charge in [-0.25, -0.2) is 0 Å². The average molecular weight is 339 g/mol. The number of ether oxygens (including phenoxy) is 1. The average Bonchev–Trinajstić information content (AvgIpc) is 2.65. The van der Waals surface area contributed by atoms with Crippen molar-refractivity contribution in [1.29, 1.82) is 0 Å². The summed E-state index contributed by atoms with van der Waals surface area (Å²) in [5.41, 5.74) is 2.09. The van der Waals surface area contributed by atoms with Gasteiger partial charge in [-0.05, 0) is 56.2 Å². The summed E-state index contributed by atoms with van der Waals surface area (Å²) >= 11 is 0. The Morgan fingerprint density at radius 3 is 2.60 bits per heavy atom. The molecule has 0 aliphatic heterocycles. The first-order chi connectivity index (χ1) is 12.2. The molecule has 5 nitrogen and oxygen atoms in total. The molecule has 0 saturated heterocycles. The Bertz CT molecular complexity index is 694. The Morgan fingerprint density at radius 2 is 1.88 bits per heavy atom. The molecular formula is C20H25N3O2. The minimum Gasteiger partial charge on any atom is -0.494 e. The highest BCUT2D eigenvalue weighted by molar-refractivity contribution is 6.03. The van der Waals surface area contributed by atoms with Crippen LogP contribution in [-0.2, 0) is 0 Å². The van der Waals surface area contributed by atoms with Crippen molar-refractivity contribution in [3.63, 3.8) is 0 Å². The van der Waals surface area contributed by atoms with Crippen LogP contribution in [0.5, 0.6) is 5.75 Å². The van der Waals surface area contributed by atoms with Gasteiger partial charge in [-0.1, -0.05) is 19.3 Å². The number of amides is 1. The van der Waals surface area contributed by atoms with E-state index in [1.165, 1.54) is 32.1 Å². The molecule has 0 unspecified atom stereocenters. The lowest BCUT2D eigenvalue weighted by atomic mass is 9.95. The fraction of sp³-hybridized carbons (Fsp3) is 0.400. The van der Waals surface area contributed by atoms with Crippen LogP contribution >= 0.6 is 0 Å². The third-order valence-corrected chi connectivity index (χ3v) is 4.39. The van der Waals surface area contributed by atoms with E-state index in [0.29, 0.717) is 18.3 Å². The van der Waals surface area contributed by atoms with E-state index in [1.54, 1.807) is 6.20 Å². The molecule has 2 aromatic rings. The van der Waals surface area contributed by atoms with E-state index < -0.39 is 0 Å². The maximum Gasteiger partial charge on any atom is 0.274 e. The van der Waals surface area contributed by atoms with Gasteiger partial charge in [0.2, 0.25) is 0 Å². The van der Waals surface area contributed by atoms with Crippen molar-refractivity contribution in [2.24, 2.45) is 0 Å². The number of pyridine rings is 1. The minimum absolute atomic E-state index is 0.212. The lowest BCUT2D eigenvalue weighted by Gasteiger charge is -2.23. The van der Waals surface area contributed by atoms with Gasteiger partial charge in [-0.15, -0.1) is 0 Å². The number of aromatic nitrogens is 1. The van der Waals surface area contributed by atoms with Crippen LogP contribution in [0.2, 0.25) is 0 Å². The van der Waals surface area contributed by atoms with Crippen molar-refractivity contribution >= 4 is 17.3 Å². The molecule has 1 aliphatic rings. The fourth-order valence-corrected chi connectivity index (χ4v) is 3.12. The molecule has 1 aromatic heterocycles. The molecule has 1 aromatic carbocycles. The predicted octanol–water partition coefficient (Wildman–Crippen LogP) is 4.48. The zero-order valence-corrected chi connectivity index (χ0v) is 14.6. The number of hydrogen-bond donors (Lipinski definition) is 2. The van der Waals surface area contributed by atoms with Gasteiger partial charge in [0, 0.05) is 23.6 Å². The number of carbonyl (C=O) groups is 1. The number of rotatable bonds is 6. The van der Waals surface area contributed by atoms with Gasteiger partial charge in [0.15, 0.2) is 0 Å². The van der Waals surface area contributed by atoms with Gasteiger partial charge < -0.3 is 15.4 Å². The molecule has 132 valence electrons. The summed E-state index contributed by atoms with van der Waals surface area (Å²) in [5.74, 6) is 0.578. The molecule has 1 fully saturated rings. The Morgan fingerprint density at radius 1 is 1.12 bits per heavy atom. The molecule has 3 rings (SSSR count). The van der Waals surface area contributed by atoms with Gasteiger partial charge in [-0.2, -0.15) is 0 Å². The summed E-state index contributed by atoms with van der Waals surface area (Å²) in [6, 6.07) is 11.6. The zero-order valence-electron chi connectivity index (χ0n) is 14.6. The van der Waals surface area contributed by atoms with Gasteiger partial charge in [0.05, 0.1) is 6.61 Å². The van der Waals surface area contributed by atoms with Crippen LogP contribution in [0.1, 0.15) is 49.5 Å². The normalized spacial score (nSPS) is 14.8. The first-order valence-electron chi connectivity index (χ1n) is 9.01. The second-order valence-corrected chi connectivity index (χ2v) is 6.32. The highest BCUT2D eigenvalue weighted by Gasteiger charge is 2.14. The Kier molecular flexibility index (Phi) is 5.88. The molecule has 0 radical (unpaired) electrons. The molecule has 1 amide bonds. The summed E-state index contributed by atoms with van der Waals surface area (Å²) in [6.45, 7) is 2.56. The Balaban J connectivity index is 1.62. The molecule has 0 spiro atoms. The van der Waals surface area contributed by atoms with E-state index in [1.807, 2.05) is 43.3 Å². The van der Waals surface area contributed by atoms with Gasteiger partial charge in [0.25, 0.3) is 5.91 Å². The standard InChI is InChI=1S/C20H25N3O2/c1-2-25-18-10-8-16(9-11-18)23-20(24)19-14-17(12-13-21-19)22-15-6-4-3-5-7-15/h8-15H,2-7H2,1H3,(H,21,22)(H,23,24). The number of anilines is 2. The first kappa shape index (κ1) is 17.3. The lowest BCUT2D eigenvalue weighted by molar-refractivity contribution is 0.102. The number of carbonyl (C=O) groups excluding carboxylic acids is 1. The topological polar surface area (TPSA) is 63.2 Å². The third-order valence-electron chi connectivity index (χ3n) is 4.39. The number of nitrogens with zero attached hydrogens (tertiary/aromatic N) is 1. The van der Waals surface area contributed by atoms with Crippen molar-refractivity contribution < 1.29 is 9.53 Å². The highest BCUT2D eigenvalue weighted by Crippen LogP contribution is 2.22. The quantitative estimate of drug-likeness (QED) is 0.814. The van der Waals surface area contributed by atoms with Gasteiger partial charge >= 0.3 is 0 Å². The third kappa shape index (κ3) is 4.95. The monoisotopic (exact) mass is 339 g/mol. The van der Waals surface area contributed by atoms with E-state index in [2.05, 4.69) is 15.6 Å². The smallest absolute Gasteiger partial charge is 0.274 e. The Hall–Kier alpha value is -2.56. The highest BCUT2D eigenvalue weighted by atomic mass is 16.5. The molecule has 2 N–H and O–H groups in total. The van der Waals surface area contributed by atoms with Crippen LogP contribution < -0.4 is 15.4 Å². The van der Waals surface area contributed by atoms with Crippen molar-refractivity contribution in [1.82, 2.24) is 4.98 Å². The van der Waals surface area contributed by atoms with Crippen LogP contribution in [0.3, 0.4) is 0 Å². The SMILES string of the molecule is CCOc1ccc(NC(=O)c2cc(NC3CCCCC3)ccn2)cc1. The Labute approximate surface area is 148 Å². The second kappa shape index (κ2) is 8.51. The molecule has 5 heteroatoms. The molecule has 1 heterocycles. The van der Waals surface area contributed by atoms with E-state index in [0.717, 1.165) is 17.1 Å². The summed E-state index contributed by atoms with van der Waals surface area (Å²) in [5, 5.41) is 6.40. The summed E-state index contributed by atoms with van der Waals surface area (Å²) in [6.07, 6.45) is 7.93. The molecule has 0 atom stereocenters. The first-order valence-corrected chi connectivity index (χ1v) is 9.01. The maximum absolute atomic E-state index is 12.4. The van der Waals surface area contributed by atoms with Gasteiger partial charge in [-0.3, -0.25) is 9.78 Å². The predicted molar refractivity (Wildman–Crippen MR) is 100 cm³/mol. The van der Waals surface area contributed by atoms with Crippen molar-refractivity contribution in [3.05, 3.63) is 48.3 Å². The maximum atomic E-state index is 12.4. The molecule has 25 heavy (non-hydrogen) atoms. The van der Waals surface area contributed by atoms with Crippen LogP contribution in [0.4, 0.5) is 11.4 Å². The molecule has 1 aliphatic carbocycles. The van der Waals surface area contributed by atoms with Gasteiger partial charge in [0.1, 0.15) is 11.4 Å². The summed E-state index contributed by atoms with van der Waals surface area (Å²) in [7, 11) is 0. The summed E-state index contributed by atoms with van der Waals surface area (Å²) in [4.78, 5) is 16.6.